The summed E-state index contributed by atoms with van der Waals surface area (Å²) in [6.45, 7) is 3.37. The SMILES string of the molecule is CCC(C(=O)OC1CN(c2nc3c(OC)cccc3s2)C1)c1ccccc1. The number of methoxy groups -OCH3 is 1. The van der Waals surface area contributed by atoms with Gasteiger partial charge in [-0.25, -0.2) is 4.98 Å². The van der Waals surface area contributed by atoms with Gasteiger partial charge in [-0.3, -0.25) is 4.79 Å². The van der Waals surface area contributed by atoms with Crippen molar-refractivity contribution in [1.82, 2.24) is 4.98 Å². The predicted octanol–water partition coefficient (Wildman–Crippen LogP) is 4.23. The highest BCUT2D eigenvalue weighted by Gasteiger charge is 2.34. The van der Waals surface area contributed by atoms with Crippen LogP contribution in [0.25, 0.3) is 10.2 Å². The van der Waals surface area contributed by atoms with Crippen molar-refractivity contribution in [2.75, 3.05) is 25.1 Å². The smallest absolute Gasteiger partial charge is 0.313 e. The minimum absolute atomic E-state index is 0.0795. The monoisotopic (exact) mass is 382 g/mol. The molecule has 1 aromatic heterocycles. The number of anilines is 1. The molecular weight excluding hydrogens is 360 g/mol. The van der Waals surface area contributed by atoms with Crippen molar-refractivity contribution in [1.29, 1.82) is 0 Å². The van der Waals surface area contributed by atoms with Gasteiger partial charge in [-0.15, -0.1) is 0 Å². The Morgan fingerprint density at radius 2 is 2.00 bits per heavy atom. The number of nitrogens with zero attached hydrogens (tertiary/aromatic N) is 2. The normalized spacial score (nSPS) is 15.4. The fraction of sp³-hybridized carbons (Fsp3) is 0.333. The molecule has 0 aliphatic carbocycles. The number of hydrogen-bond donors (Lipinski definition) is 0. The lowest BCUT2D eigenvalue weighted by Crippen LogP contribution is -2.53. The molecule has 140 valence electrons. The summed E-state index contributed by atoms with van der Waals surface area (Å²) in [5.74, 6) is 0.443. The fourth-order valence-electron chi connectivity index (χ4n) is 3.35. The van der Waals surface area contributed by atoms with Gasteiger partial charge >= 0.3 is 5.97 Å². The van der Waals surface area contributed by atoms with Crippen molar-refractivity contribution in [2.45, 2.75) is 25.4 Å². The Morgan fingerprint density at radius 1 is 1.22 bits per heavy atom. The van der Waals surface area contributed by atoms with Gasteiger partial charge < -0.3 is 14.4 Å². The maximum atomic E-state index is 12.6. The topological polar surface area (TPSA) is 51.7 Å². The summed E-state index contributed by atoms with van der Waals surface area (Å²) in [6.07, 6.45) is 0.654. The van der Waals surface area contributed by atoms with Crippen LogP contribution in [0.2, 0.25) is 0 Å². The van der Waals surface area contributed by atoms with Crippen LogP contribution in [0, 0.1) is 0 Å². The summed E-state index contributed by atoms with van der Waals surface area (Å²) in [5.41, 5.74) is 1.90. The molecule has 3 aromatic rings. The summed E-state index contributed by atoms with van der Waals surface area (Å²) >= 11 is 1.63. The zero-order chi connectivity index (χ0) is 18.8. The first-order valence-corrected chi connectivity index (χ1v) is 9.95. The first kappa shape index (κ1) is 17.8. The molecule has 1 unspecified atom stereocenters. The highest BCUT2D eigenvalue weighted by atomic mass is 32.1. The lowest BCUT2D eigenvalue weighted by atomic mass is 9.96. The minimum Gasteiger partial charge on any atom is -0.494 e. The van der Waals surface area contributed by atoms with Crippen LogP contribution < -0.4 is 9.64 Å². The summed E-state index contributed by atoms with van der Waals surface area (Å²) < 4.78 is 12.2. The van der Waals surface area contributed by atoms with E-state index in [4.69, 9.17) is 14.5 Å². The van der Waals surface area contributed by atoms with Crippen LogP contribution in [0.3, 0.4) is 0 Å². The molecule has 6 heteroatoms. The highest BCUT2D eigenvalue weighted by molar-refractivity contribution is 7.22. The lowest BCUT2D eigenvalue weighted by molar-refractivity contribution is -0.152. The Morgan fingerprint density at radius 3 is 2.70 bits per heavy atom. The molecule has 5 nitrogen and oxygen atoms in total. The van der Waals surface area contributed by atoms with E-state index in [0.717, 1.165) is 33.1 Å². The molecule has 0 amide bonds. The van der Waals surface area contributed by atoms with E-state index in [1.54, 1.807) is 18.4 Å². The van der Waals surface area contributed by atoms with Crippen molar-refractivity contribution >= 4 is 32.7 Å². The molecule has 1 fully saturated rings. The summed E-state index contributed by atoms with van der Waals surface area (Å²) in [7, 11) is 1.66. The molecule has 4 rings (SSSR count). The van der Waals surface area contributed by atoms with Gasteiger partial charge in [-0.05, 0) is 24.1 Å². The van der Waals surface area contributed by atoms with E-state index in [2.05, 4.69) is 4.90 Å². The second kappa shape index (κ2) is 7.56. The van der Waals surface area contributed by atoms with E-state index < -0.39 is 0 Å². The second-order valence-electron chi connectivity index (χ2n) is 6.64. The van der Waals surface area contributed by atoms with Gasteiger partial charge in [0, 0.05) is 0 Å². The number of hydrogen-bond acceptors (Lipinski definition) is 6. The van der Waals surface area contributed by atoms with Crippen molar-refractivity contribution in [3.63, 3.8) is 0 Å². The van der Waals surface area contributed by atoms with Gasteiger partial charge in [-0.2, -0.15) is 0 Å². The van der Waals surface area contributed by atoms with Crippen LogP contribution in [0.5, 0.6) is 5.75 Å². The molecule has 0 radical (unpaired) electrons. The molecule has 0 N–H and O–H groups in total. The number of carbonyl (C=O) groups is 1. The van der Waals surface area contributed by atoms with Crippen molar-refractivity contribution in [3.8, 4) is 5.75 Å². The standard InChI is InChI=1S/C21H22N2O3S/c1-3-16(14-8-5-4-6-9-14)20(24)26-15-12-23(13-15)21-22-19-17(25-2)10-7-11-18(19)27-21/h4-11,15-16H,3,12-13H2,1-2H3. The second-order valence-corrected chi connectivity index (χ2v) is 7.65. The third-order valence-electron chi connectivity index (χ3n) is 4.89. The maximum absolute atomic E-state index is 12.6. The predicted molar refractivity (Wildman–Crippen MR) is 108 cm³/mol. The van der Waals surface area contributed by atoms with E-state index >= 15 is 0 Å². The van der Waals surface area contributed by atoms with Crippen LogP contribution >= 0.6 is 11.3 Å². The number of benzene rings is 2. The van der Waals surface area contributed by atoms with Crippen LogP contribution in [-0.4, -0.2) is 37.3 Å². The molecule has 2 heterocycles. The first-order chi connectivity index (χ1) is 13.2. The number of thiazole rings is 1. The van der Waals surface area contributed by atoms with E-state index in [0.29, 0.717) is 13.1 Å². The molecular formula is C21H22N2O3S. The average Bonchev–Trinajstić information content (AvgIpc) is 3.09. The highest BCUT2D eigenvalue weighted by Crippen LogP contribution is 2.36. The van der Waals surface area contributed by atoms with Crippen LogP contribution in [0.1, 0.15) is 24.8 Å². The largest absolute Gasteiger partial charge is 0.494 e. The van der Waals surface area contributed by atoms with Crippen LogP contribution in [0.15, 0.2) is 48.5 Å². The Labute approximate surface area is 162 Å². The summed E-state index contributed by atoms with van der Waals surface area (Å²) in [5, 5.41) is 0.942. The van der Waals surface area contributed by atoms with E-state index in [1.807, 2.05) is 55.5 Å². The Balaban J connectivity index is 1.39. The third-order valence-corrected chi connectivity index (χ3v) is 5.97. The van der Waals surface area contributed by atoms with Gasteiger partial charge in [0.05, 0.1) is 30.8 Å². The van der Waals surface area contributed by atoms with Crippen LogP contribution in [0.4, 0.5) is 5.13 Å². The molecule has 1 aliphatic rings. The molecule has 2 aromatic carbocycles. The lowest BCUT2D eigenvalue weighted by Gasteiger charge is -2.38. The number of rotatable bonds is 6. The van der Waals surface area contributed by atoms with Gasteiger partial charge in [0.25, 0.3) is 0 Å². The van der Waals surface area contributed by atoms with Crippen molar-refractivity contribution < 1.29 is 14.3 Å². The first-order valence-electron chi connectivity index (χ1n) is 9.13. The minimum atomic E-state index is -0.202. The third kappa shape index (κ3) is 3.49. The molecule has 0 saturated carbocycles. The molecule has 27 heavy (non-hydrogen) atoms. The zero-order valence-corrected chi connectivity index (χ0v) is 16.2. The molecule has 1 aliphatic heterocycles. The Kier molecular flexibility index (Phi) is 4.99. The number of esters is 1. The fourth-order valence-corrected chi connectivity index (χ4v) is 4.35. The molecule has 1 saturated heterocycles. The molecule has 0 bridgehead atoms. The number of carbonyl (C=O) groups excluding carboxylic acids is 1. The van der Waals surface area contributed by atoms with Gasteiger partial charge in [0.15, 0.2) is 5.13 Å². The van der Waals surface area contributed by atoms with E-state index in [9.17, 15) is 4.79 Å². The number of ether oxygens (including phenoxy) is 2. The van der Waals surface area contributed by atoms with Gasteiger partial charge in [0.1, 0.15) is 17.4 Å². The summed E-state index contributed by atoms with van der Waals surface area (Å²) in [4.78, 5) is 19.4. The van der Waals surface area contributed by atoms with Gasteiger partial charge in [-0.1, -0.05) is 54.7 Å². The Hall–Kier alpha value is -2.60. The summed E-state index contributed by atoms with van der Waals surface area (Å²) in [6, 6.07) is 15.8. The number of para-hydroxylation sites is 1. The van der Waals surface area contributed by atoms with E-state index in [1.165, 1.54) is 0 Å². The van der Waals surface area contributed by atoms with E-state index in [-0.39, 0.29) is 18.0 Å². The zero-order valence-electron chi connectivity index (χ0n) is 15.4. The number of aromatic nitrogens is 1. The number of fused-ring (bicyclic) bond motifs is 1. The van der Waals surface area contributed by atoms with Crippen molar-refractivity contribution in [2.24, 2.45) is 0 Å². The van der Waals surface area contributed by atoms with Crippen LogP contribution in [-0.2, 0) is 9.53 Å². The Bertz CT molecular complexity index is 935. The quantitative estimate of drug-likeness (QED) is 0.597. The maximum Gasteiger partial charge on any atom is 0.313 e. The van der Waals surface area contributed by atoms with Crippen molar-refractivity contribution in [3.05, 3.63) is 54.1 Å². The average molecular weight is 382 g/mol. The molecule has 1 atom stereocenters. The molecule has 0 spiro atoms. The van der Waals surface area contributed by atoms with Gasteiger partial charge in [0.2, 0.25) is 0 Å².